The van der Waals surface area contributed by atoms with E-state index in [4.69, 9.17) is 14.2 Å². The minimum Gasteiger partial charge on any atom is -0.497 e. The first-order chi connectivity index (χ1) is 9.23. The zero-order chi connectivity index (χ0) is 14.1. The first-order valence-corrected chi connectivity index (χ1v) is 6.67. The number of methoxy groups -OCH3 is 3. The molecule has 0 aromatic heterocycles. The van der Waals surface area contributed by atoms with Gasteiger partial charge in [-0.2, -0.15) is 0 Å². The molecule has 0 saturated carbocycles. The number of rotatable bonds is 9. The fourth-order valence-corrected chi connectivity index (χ4v) is 2.02. The normalized spacial score (nSPS) is 12.2. The van der Waals surface area contributed by atoms with Crippen molar-refractivity contribution in [3.05, 3.63) is 23.8 Å². The van der Waals surface area contributed by atoms with E-state index in [1.165, 1.54) is 0 Å². The standard InChI is InChI=1S/C15H25NO3/c1-5-6-13(11-17-2)16-10-12-7-14(18-3)9-15(8-12)19-4/h7-9,13,16H,5-6,10-11H2,1-4H3. The van der Waals surface area contributed by atoms with E-state index in [1.807, 2.05) is 18.2 Å². The van der Waals surface area contributed by atoms with E-state index in [0.717, 1.165) is 43.1 Å². The first kappa shape index (κ1) is 15.8. The summed E-state index contributed by atoms with van der Waals surface area (Å²) in [6.45, 7) is 3.69. The Hall–Kier alpha value is -1.26. The maximum atomic E-state index is 5.27. The van der Waals surface area contributed by atoms with Crippen molar-refractivity contribution < 1.29 is 14.2 Å². The number of ether oxygens (including phenoxy) is 3. The number of benzene rings is 1. The summed E-state index contributed by atoms with van der Waals surface area (Å²) in [6, 6.07) is 6.30. The Morgan fingerprint density at radius 2 is 1.68 bits per heavy atom. The van der Waals surface area contributed by atoms with Crippen LogP contribution in [0.4, 0.5) is 0 Å². The van der Waals surface area contributed by atoms with Gasteiger partial charge in [-0.25, -0.2) is 0 Å². The minimum absolute atomic E-state index is 0.382. The molecule has 0 heterocycles. The molecule has 1 N–H and O–H groups in total. The monoisotopic (exact) mass is 267 g/mol. The fourth-order valence-electron chi connectivity index (χ4n) is 2.02. The van der Waals surface area contributed by atoms with Crippen LogP contribution in [0.25, 0.3) is 0 Å². The van der Waals surface area contributed by atoms with E-state index in [9.17, 15) is 0 Å². The highest BCUT2D eigenvalue weighted by atomic mass is 16.5. The Bertz CT molecular complexity index is 340. The molecule has 19 heavy (non-hydrogen) atoms. The summed E-state index contributed by atoms with van der Waals surface area (Å²) in [7, 11) is 5.06. The zero-order valence-electron chi connectivity index (χ0n) is 12.4. The third-order valence-corrected chi connectivity index (χ3v) is 3.01. The predicted molar refractivity (Wildman–Crippen MR) is 77.0 cm³/mol. The summed E-state index contributed by atoms with van der Waals surface area (Å²) in [4.78, 5) is 0. The maximum Gasteiger partial charge on any atom is 0.122 e. The van der Waals surface area contributed by atoms with Gasteiger partial charge in [0.05, 0.1) is 20.8 Å². The molecule has 0 radical (unpaired) electrons. The van der Waals surface area contributed by atoms with Crippen molar-refractivity contribution in [3.63, 3.8) is 0 Å². The lowest BCUT2D eigenvalue weighted by molar-refractivity contribution is 0.161. The third-order valence-electron chi connectivity index (χ3n) is 3.01. The van der Waals surface area contributed by atoms with Crippen LogP contribution in [-0.4, -0.2) is 34.0 Å². The highest BCUT2D eigenvalue weighted by Gasteiger charge is 2.08. The number of hydrogen-bond acceptors (Lipinski definition) is 4. The topological polar surface area (TPSA) is 39.7 Å². The molecular formula is C15H25NO3. The molecule has 0 fully saturated rings. The molecule has 0 amide bonds. The maximum absolute atomic E-state index is 5.27. The summed E-state index contributed by atoms with van der Waals surface area (Å²) in [6.07, 6.45) is 2.25. The third kappa shape index (κ3) is 5.49. The van der Waals surface area contributed by atoms with Gasteiger partial charge in [-0.1, -0.05) is 13.3 Å². The van der Waals surface area contributed by atoms with Gasteiger partial charge in [-0.15, -0.1) is 0 Å². The second kappa shape index (κ2) is 8.77. The summed E-state index contributed by atoms with van der Waals surface area (Å²) in [5.41, 5.74) is 1.15. The van der Waals surface area contributed by atoms with Gasteiger partial charge in [0.1, 0.15) is 11.5 Å². The van der Waals surface area contributed by atoms with Crippen molar-refractivity contribution in [3.8, 4) is 11.5 Å². The van der Waals surface area contributed by atoms with Crippen molar-refractivity contribution in [2.24, 2.45) is 0 Å². The first-order valence-electron chi connectivity index (χ1n) is 6.67. The van der Waals surface area contributed by atoms with Gasteiger partial charge in [-0.3, -0.25) is 0 Å². The van der Waals surface area contributed by atoms with Crippen LogP contribution in [0.15, 0.2) is 18.2 Å². The van der Waals surface area contributed by atoms with Crippen molar-refractivity contribution in [1.82, 2.24) is 5.32 Å². The molecule has 0 aliphatic rings. The van der Waals surface area contributed by atoms with E-state index in [-0.39, 0.29) is 0 Å². The van der Waals surface area contributed by atoms with Gasteiger partial charge < -0.3 is 19.5 Å². The highest BCUT2D eigenvalue weighted by Crippen LogP contribution is 2.22. The lowest BCUT2D eigenvalue weighted by Gasteiger charge is -2.17. The van der Waals surface area contributed by atoms with Crippen molar-refractivity contribution in [2.45, 2.75) is 32.4 Å². The average Bonchev–Trinajstić information content (AvgIpc) is 2.44. The Morgan fingerprint density at radius 1 is 1.05 bits per heavy atom. The molecule has 1 unspecified atom stereocenters. The Labute approximate surface area is 116 Å². The lowest BCUT2D eigenvalue weighted by atomic mass is 10.1. The largest absolute Gasteiger partial charge is 0.497 e. The van der Waals surface area contributed by atoms with Gasteiger partial charge >= 0.3 is 0 Å². The van der Waals surface area contributed by atoms with Crippen molar-refractivity contribution in [2.75, 3.05) is 27.9 Å². The molecular weight excluding hydrogens is 242 g/mol. The van der Waals surface area contributed by atoms with Crippen LogP contribution >= 0.6 is 0 Å². The molecule has 4 nitrogen and oxygen atoms in total. The van der Waals surface area contributed by atoms with Crippen molar-refractivity contribution >= 4 is 0 Å². The highest BCUT2D eigenvalue weighted by molar-refractivity contribution is 5.38. The van der Waals surface area contributed by atoms with Crippen LogP contribution in [0, 0.1) is 0 Å². The predicted octanol–water partition coefficient (Wildman–Crippen LogP) is 2.61. The quantitative estimate of drug-likeness (QED) is 0.746. The van der Waals surface area contributed by atoms with E-state index < -0.39 is 0 Å². The molecule has 0 aliphatic heterocycles. The minimum atomic E-state index is 0.382. The van der Waals surface area contributed by atoms with Crippen LogP contribution in [-0.2, 0) is 11.3 Å². The van der Waals surface area contributed by atoms with Gasteiger partial charge in [0, 0.05) is 25.8 Å². The molecule has 1 rings (SSSR count). The van der Waals surface area contributed by atoms with E-state index >= 15 is 0 Å². The summed E-state index contributed by atoms with van der Waals surface area (Å²) in [5, 5.41) is 3.50. The Kier molecular flexibility index (Phi) is 7.30. The Balaban J connectivity index is 2.64. The Morgan fingerprint density at radius 3 is 2.16 bits per heavy atom. The van der Waals surface area contributed by atoms with Gasteiger partial charge in [-0.05, 0) is 24.1 Å². The van der Waals surface area contributed by atoms with Crippen LogP contribution in [0.1, 0.15) is 25.3 Å². The molecule has 0 aliphatic carbocycles. The lowest BCUT2D eigenvalue weighted by Crippen LogP contribution is -2.32. The SMILES string of the molecule is CCCC(COC)NCc1cc(OC)cc(OC)c1. The molecule has 4 heteroatoms. The van der Waals surface area contributed by atoms with Gasteiger partial charge in [0.25, 0.3) is 0 Å². The smallest absolute Gasteiger partial charge is 0.122 e. The van der Waals surface area contributed by atoms with Crippen molar-refractivity contribution in [1.29, 1.82) is 0 Å². The molecule has 1 atom stereocenters. The zero-order valence-corrected chi connectivity index (χ0v) is 12.4. The average molecular weight is 267 g/mol. The molecule has 108 valence electrons. The van der Waals surface area contributed by atoms with Crippen LogP contribution in [0.3, 0.4) is 0 Å². The van der Waals surface area contributed by atoms with Crippen LogP contribution in [0.5, 0.6) is 11.5 Å². The number of hydrogen-bond donors (Lipinski definition) is 1. The number of nitrogens with one attached hydrogen (secondary N) is 1. The second-order valence-electron chi connectivity index (χ2n) is 4.54. The van der Waals surface area contributed by atoms with E-state index in [1.54, 1.807) is 21.3 Å². The molecule has 0 saturated heterocycles. The van der Waals surface area contributed by atoms with Gasteiger partial charge in [0.15, 0.2) is 0 Å². The van der Waals surface area contributed by atoms with Crippen LogP contribution < -0.4 is 14.8 Å². The fraction of sp³-hybridized carbons (Fsp3) is 0.600. The molecule has 0 spiro atoms. The molecule has 1 aromatic carbocycles. The second-order valence-corrected chi connectivity index (χ2v) is 4.54. The van der Waals surface area contributed by atoms with Gasteiger partial charge in [0.2, 0.25) is 0 Å². The van der Waals surface area contributed by atoms with E-state index in [0.29, 0.717) is 6.04 Å². The molecule has 1 aromatic rings. The summed E-state index contributed by atoms with van der Waals surface area (Å²) >= 11 is 0. The molecule has 0 bridgehead atoms. The van der Waals surface area contributed by atoms with Crippen LogP contribution in [0.2, 0.25) is 0 Å². The summed E-state index contributed by atoms with van der Waals surface area (Å²) in [5.74, 6) is 1.63. The summed E-state index contributed by atoms with van der Waals surface area (Å²) < 4.78 is 15.8. The van der Waals surface area contributed by atoms with E-state index in [2.05, 4.69) is 12.2 Å².